The van der Waals surface area contributed by atoms with Gasteiger partial charge >= 0.3 is 0 Å². The lowest BCUT2D eigenvalue weighted by molar-refractivity contribution is -0.134. The number of nitrogens with two attached hydrogens (primary N) is 3. The van der Waals surface area contributed by atoms with Crippen molar-refractivity contribution in [3.05, 3.63) is 0 Å². The molecule has 240 valence electrons. The molecule has 0 aromatic heterocycles. The first kappa shape index (κ1) is 38.2. The Morgan fingerprint density at radius 3 is 1.71 bits per heavy atom. The van der Waals surface area contributed by atoms with Gasteiger partial charge in [-0.15, -0.1) is 0 Å². The minimum absolute atomic E-state index is 0.0295. The zero-order valence-corrected chi connectivity index (χ0v) is 24.6. The van der Waals surface area contributed by atoms with Crippen molar-refractivity contribution in [2.24, 2.45) is 17.2 Å². The second kappa shape index (κ2) is 21.9. The molecule has 0 radical (unpaired) electrons. The fourth-order valence-electron chi connectivity index (χ4n) is 3.59. The van der Waals surface area contributed by atoms with Crippen LogP contribution in [0.5, 0.6) is 0 Å². The van der Waals surface area contributed by atoms with Crippen molar-refractivity contribution in [3.63, 3.8) is 0 Å². The van der Waals surface area contributed by atoms with Crippen LogP contribution in [0, 0.1) is 0 Å². The Morgan fingerprint density at radius 2 is 1.17 bits per heavy atom. The van der Waals surface area contributed by atoms with Crippen LogP contribution in [0.15, 0.2) is 0 Å². The van der Waals surface area contributed by atoms with Gasteiger partial charge in [0.15, 0.2) is 0 Å². The van der Waals surface area contributed by atoms with Crippen molar-refractivity contribution in [3.8, 4) is 0 Å². The number of rotatable bonds is 22. The van der Waals surface area contributed by atoms with Gasteiger partial charge in [0.1, 0.15) is 24.2 Å². The smallest absolute Gasteiger partial charge is 0.243 e. The predicted octanol–water partition coefficient (Wildman–Crippen LogP) is -4.84. The van der Waals surface area contributed by atoms with Crippen LogP contribution in [-0.4, -0.2) is 105 Å². The van der Waals surface area contributed by atoms with Gasteiger partial charge < -0.3 is 54.4 Å². The van der Waals surface area contributed by atoms with Crippen LogP contribution >= 0.6 is 0 Å². The van der Waals surface area contributed by atoms with Crippen LogP contribution in [0.1, 0.15) is 52.9 Å². The van der Waals surface area contributed by atoms with Crippen LogP contribution in [0.4, 0.5) is 0 Å². The molecule has 0 saturated heterocycles. The summed E-state index contributed by atoms with van der Waals surface area (Å²) >= 11 is 0. The average Bonchev–Trinajstić information content (AvgIpc) is 2.93. The summed E-state index contributed by atoms with van der Waals surface area (Å²) in [7, 11) is 0. The highest BCUT2D eigenvalue weighted by atomic mass is 16.2. The van der Waals surface area contributed by atoms with Crippen molar-refractivity contribution >= 4 is 41.9 Å². The van der Waals surface area contributed by atoms with Crippen LogP contribution in [0.2, 0.25) is 0 Å². The maximum atomic E-state index is 12.9. The molecule has 0 fully saturated rings. The van der Waals surface area contributed by atoms with Crippen LogP contribution < -0.4 is 54.4 Å². The van der Waals surface area contributed by atoms with Crippen LogP contribution in [0.25, 0.3) is 0 Å². The monoisotopic (exact) mass is 600 g/mol. The third-order valence-corrected chi connectivity index (χ3v) is 5.93. The molecular formula is C25H48N10O7. The van der Waals surface area contributed by atoms with E-state index in [1.807, 2.05) is 6.92 Å². The zero-order chi connectivity index (χ0) is 32.1. The first-order valence-corrected chi connectivity index (χ1v) is 13.9. The second-order valence-corrected chi connectivity index (χ2v) is 9.74. The molecule has 0 aromatic rings. The molecule has 7 amide bonds. The Morgan fingerprint density at radius 1 is 0.643 bits per heavy atom. The third-order valence-electron chi connectivity index (χ3n) is 5.93. The third kappa shape index (κ3) is 16.4. The van der Waals surface area contributed by atoms with Gasteiger partial charge in [-0.2, -0.15) is 0 Å². The topological polar surface area (TPSA) is 282 Å². The molecule has 13 N–H and O–H groups in total. The summed E-state index contributed by atoms with van der Waals surface area (Å²) in [6, 6.07) is -4.26. The predicted molar refractivity (Wildman–Crippen MR) is 154 cm³/mol. The lowest BCUT2D eigenvalue weighted by Crippen LogP contribution is -2.58. The first-order chi connectivity index (χ1) is 19.9. The molecule has 0 aliphatic rings. The highest BCUT2D eigenvalue weighted by Gasteiger charge is 2.29. The Labute approximate surface area is 245 Å². The molecule has 0 spiro atoms. The van der Waals surface area contributed by atoms with Gasteiger partial charge in [0.25, 0.3) is 0 Å². The minimum Gasteiger partial charge on any atom is -0.354 e. The maximum absolute atomic E-state index is 12.9. The summed E-state index contributed by atoms with van der Waals surface area (Å²) < 4.78 is 0. The SMILES string of the molecule is CC(CCN)NC(=O)CCCNC(=O)C(C)NC(=O)C(CCN)NC(=O)C(CCN)NC(=O)C(C)NC(=O)CNC=O. The van der Waals surface area contributed by atoms with E-state index in [1.165, 1.54) is 13.8 Å². The van der Waals surface area contributed by atoms with E-state index in [0.29, 0.717) is 25.8 Å². The molecule has 42 heavy (non-hydrogen) atoms. The van der Waals surface area contributed by atoms with Crippen molar-refractivity contribution in [2.75, 3.05) is 32.7 Å². The first-order valence-electron chi connectivity index (χ1n) is 13.9. The lowest BCUT2D eigenvalue weighted by atomic mass is 10.1. The summed E-state index contributed by atoms with van der Waals surface area (Å²) in [4.78, 5) is 84.7. The van der Waals surface area contributed by atoms with E-state index in [-0.39, 0.29) is 57.4 Å². The molecule has 0 aromatic carbocycles. The van der Waals surface area contributed by atoms with Crippen molar-refractivity contribution in [2.45, 2.75) is 83.1 Å². The number of hydrogen-bond donors (Lipinski definition) is 10. The Kier molecular flexibility index (Phi) is 19.9. The molecule has 0 rings (SSSR count). The number of nitrogens with one attached hydrogen (secondary N) is 7. The maximum Gasteiger partial charge on any atom is 0.243 e. The fraction of sp³-hybridized carbons (Fsp3) is 0.720. The van der Waals surface area contributed by atoms with Crippen LogP contribution in [-0.2, 0) is 33.6 Å². The largest absolute Gasteiger partial charge is 0.354 e. The molecule has 0 aliphatic heterocycles. The fourth-order valence-corrected chi connectivity index (χ4v) is 3.59. The van der Waals surface area contributed by atoms with Crippen molar-refractivity contribution in [1.29, 1.82) is 0 Å². The molecular weight excluding hydrogens is 552 g/mol. The van der Waals surface area contributed by atoms with Gasteiger partial charge in [-0.1, -0.05) is 0 Å². The zero-order valence-electron chi connectivity index (χ0n) is 24.6. The van der Waals surface area contributed by atoms with E-state index in [1.54, 1.807) is 0 Å². The number of carbonyl (C=O) groups excluding carboxylic acids is 7. The highest BCUT2D eigenvalue weighted by molar-refractivity contribution is 5.95. The van der Waals surface area contributed by atoms with Gasteiger partial charge in [0, 0.05) is 19.0 Å². The van der Waals surface area contributed by atoms with E-state index in [9.17, 15) is 33.6 Å². The molecule has 0 aliphatic carbocycles. The summed E-state index contributed by atoms with van der Waals surface area (Å²) in [6.07, 6.45) is 1.68. The summed E-state index contributed by atoms with van der Waals surface area (Å²) in [6.45, 7) is 5.13. The van der Waals surface area contributed by atoms with Crippen LogP contribution in [0.3, 0.4) is 0 Å². The molecule has 0 heterocycles. The normalized spacial score (nSPS) is 14.1. The molecule has 0 saturated carbocycles. The van der Waals surface area contributed by atoms with Gasteiger partial charge in [0.2, 0.25) is 41.9 Å². The highest BCUT2D eigenvalue weighted by Crippen LogP contribution is 1.99. The number of carbonyl (C=O) groups is 7. The Balaban J connectivity index is 4.93. The second-order valence-electron chi connectivity index (χ2n) is 9.74. The molecule has 17 nitrogen and oxygen atoms in total. The van der Waals surface area contributed by atoms with Gasteiger partial charge in [-0.25, -0.2) is 0 Å². The van der Waals surface area contributed by atoms with E-state index in [4.69, 9.17) is 17.2 Å². The van der Waals surface area contributed by atoms with E-state index in [2.05, 4.69) is 37.2 Å². The van der Waals surface area contributed by atoms with Crippen molar-refractivity contribution < 1.29 is 33.6 Å². The van der Waals surface area contributed by atoms with Gasteiger partial charge in [-0.3, -0.25) is 33.6 Å². The quantitative estimate of drug-likeness (QED) is 0.0418. The molecule has 5 atom stereocenters. The molecule has 5 unspecified atom stereocenters. The lowest BCUT2D eigenvalue weighted by Gasteiger charge is -2.25. The standard InChI is InChI=1S/C25H48N10O7/c1-15(6-9-26)31-20(37)5-4-12-30-22(39)16(2)33-24(41)18(7-10-27)35-25(42)19(8-11-28)34-23(40)17(3)32-21(38)13-29-14-36/h14-19H,4-13,26-28H2,1-3H3,(H,29,36)(H,30,39)(H,31,37)(H,32,38)(H,33,41)(H,34,40)(H,35,42). The summed E-state index contributed by atoms with van der Waals surface area (Å²) in [5.41, 5.74) is 16.7. The van der Waals surface area contributed by atoms with E-state index >= 15 is 0 Å². The van der Waals surface area contributed by atoms with Gasteiger partial charge in [-0.05, 0) is 66.1 Å². The van der Waals surface area contributed by atoms with Gasteiger partial charge in [0.05, 0.1) is 6.54 Å². The van der Waals surface area contributed by atoms with E-state index in [0.717, 1.165) is 0 Å². The van der Waals surface area contributed by atoms with Crippen molar-refractivity contribution in [1.82, 2.24) is 37.2 Å². The molecule has 0 bridgehead atoms. The average molecular weight is 601 g/mol. The number of hydrogen-bond acceptors (Lipinski definition) is 10. The Hall–Kier alpha value is -3.83. The molecule has 17 heteroatoms. The number of amides is 7. The minimum atomic E-state index is -1.13. The van der Waals surface area contributed by atoms with E-state index < -0.39 is 53.7 Å². The summed E-state index contributed by atoms with van der Waals surface area (Å²) in [5.74, 6) is -3.30. The Bertz CT molecular complexity index is 905. The summed E-state index contributed by atoms with van der Waals surface area (Å²) in [5, 5.41) is 17.5.